The Morgan fingerprint density at radius 1 is 1.35 bits per heavy atom. The predicted molar refractivity (Wildman–Crippen MR) is 88.9 cm³/mol. The number of nitrogens with zero attached hydrogens (tertiary/aromatic N) is 3. The van der Waals surface area contributed by atoms with Gasteiger partial charge >= 0.3 is 11.7 Å². The molecule has 0 amide bonds. The summed E-state index contributed by atoms with van der Waals surface area (Å²) in [6.45, 7) is 5.59. The van der Waals surface area contributed by atoms with E-state index in [1.165, 1.54) is 23.4 Å². The van der Waals surface area contributed by atoms with Crippen LogP contribution in [0, 0.1) is 6.92 Å². The van der Waals surface area contributed by atoms with Crippen LogP contribution in [-0.2, 0) is 23.6 Å². The van der Waals surface area contributed by atoms with E-state index >= 15 is 0 Å². The van der Waals surface area contributed by atoms with Crippen molar-refractivity contribution >= 4 is 28.8 Å². The monoisotopic (exact) mass is 337 g/mol. The maximum atomic E-state index is 12.5. The first kappa shape index (κ1) is 17.3. The van der Waals surface area contributed by atoms with E-state index in [0.717, 1.165) is 10.1 Å². The largest absolute Gasteiger partial charge is 0.465 e. The number of pyridine rings is 1. The van der Waals surface area contributed by atoms with Crippen LogP contribution in [0.4, 0.5) is 0 Å². The predicted octanol–water partition coefficient (Wildman–Crippen LogP) is 0.984. The van der Waals surface area contributed by atoms with Gasteiger partial charge in [0.25, 0.3) is 5.56 Å². The van der Waals surface area contributed by atoms with Crippen molar-refractivity contribution in [3.05, 3.63) is 32.6 Å². The van der Waals surface area contributed by atoms with Crippen molar-refractivity contribution < 1.29 is 9.53 Å². The lowest BCUT2D eigenvalue weighted by atomic mass is 10.2. The minimum atomic E-state index is -0.471. The lowest BCUT2D eigenvalue weighted by Crippen LogP contribution is -2.37. The fourth-order valence-electron chi connectivity index (χ4n) is 2.23. The lowest BCUT2D eigenvalue weighted by Gasteiger charge is -2.15. The molecule has 0 bridgehead atoms. The lowest BCUT2D eigenvalue weighted by molar-refractivity contribution is -0.142. The number of aryl methyl sites for hydroxylation is 2. The summed E-state index contributed by atoms with van der Waals surface area (Å²) >= 11 is 1.24. The number of thioether (sulfide) groups is 1. The van der Waals surface area contributed by atoms with Gasteiger partial charge in [-0.25, -0.2) is 9.78 Å². The van der Waals surface area contributed by atoms with Crippen LogP contribution in [0.15, 0.2) is 20.7 Å². The molecule has 0 unspecified atom stereocenters. The number of rotatable bonds is 4. The Kier molecular flexibility index (Phi) is 4.93. The third-order valence-corrected chi connectivity index (χ3v) is 4.82. The topological polar surface area (TPSA) is 83.2 Å². The molecule has 0 aromatic carbocycles. The van der Waals surface area contributed by atoms with Gasteiger partial charge in [0.15, 0.2) is 0 Å². The zero-order chi connectivity index (χ0) is 17.3. The Morgan fingerprint density at radius 3 is 2.61 bits per heavy atom. The van der Waals surface area contributed by atoms with E-state index in [4.69, 9.17) is 4.74 Å². The van der Waals surface area contributed by atoms with Crippen molar-refractivity contribution in [2.75, 3.05) is 6.61 Å². The highest BCUT2D eigenvalue weighted by molar-refractivity contribution is 8.00. The van der Waals surface area contributed by atoms with E-state index in [1.54, 1.807) is 27.1 Å². The van der Waals surface area contributed by atoms with Crippen molar-refractivity contribution in [3.63, 3.8) is 0 Å². The molecule has 2 aromatic heterocycles. The second kappa shape index (κ2) is 6.57. The molecule has 0 saturated carbocycles. The molecule has 0 aliphatic heterocycles. The number of ether oxygens (including phenoxy) is 1. The molecule has 0 aliphatic rings. The minimum Gasteiger partial charge on any atom is -0.465 e. The van der Waals surface area contributed by atoms with Gasteiger partial charge in [-0.3, -0.25) is 18.7 Å². The molecule has 0 radical (unpaired) electrons. The van der Waals surface area contributed by atoms with Gasteiger partial charge in [0.2, 0.25) is 0 Å². The quantitative estimate of drug-likeness (QED) is 0.611. The standard InChI is InChI=1S/C15H19N3O4S/c1-6-22-14(20)9(3)23-11-8(2)7-16-12-10(11)13(19)18(5)15(21)17(12)4/h7,9H,6H2,1-5H3/t9-/m0/s1. The second-order valence-electron chi connectivity index (χ2n) is 5.19. The van der Waals surface area contributed by atoms with Crippen LogP contribution < -0.4 is 11.2 Å². The number of hydrogen-bond acceptors (Lipinski definition) is 6. The summed E-state index contributed by atoms with van der Waals surface area (Å²) in [7, 11) is 2.99. The summed E-state index contributed by atoms with van der Waals surface area (Å²) < 4.78 is 7.38. The molecule has 0 N–H and O–H groups in total. The Labute approximate surface area is 137 Å². The average Bonchev–Trinajstić information content (AvgIpc) is 2.52. The summed E-state index contributed by atoms with van der Waals surface area (Å²) in [4.78, 5) is 41.3. The molecule has 1 atom stereocenters. The molecule has 8 heteroatoms. The van der Waals surface area contributed by atoms with E-state index in [9.17, 15) is 14.4 Å². The molecular formula is C15H19N3O4S. The van der Waals surface area contributed by atoms with E-state index in [-0.39, 0.29) is 5.97 Å². The highest BCUT2D eigenvalue weighted by atomic mass is 32.2. The maximum absolute atomic E-state index is 12.5. The molecule has 0 aliphatic carbocycles. The smallest absolute Gasteiger partial charge is 0.332 e. The van der Waals surface area contributed by atoms with Gasteiger partial charge < -0.3 is 4.74 Å². The average molecular weight is 337 g/mol. The van der Waals surface area contributed by atoms with Gasteiger partial charge in [-0.05, 0) is 26.3 Å². The molecule has 2 rings (SSSR count). The van der Waals surface area contributed by atoms with Gasteiger partial charge in [-0.15, -0.1) is 11.8 Å². The summed E-state index contributed by atoms with van der Waals surface area (Å²) in [5, 5.41) is -0.128. The SMILES string of the molecule is CCOC(=O)[C@H](C)Sc1c(C)cnc2c1c(=O)n(C)c(=O)n2C. The highest BCUT2D eigenvalue weighted by Gasteiger charge is 2.21. The second-order valence-corrected chi connectivity index (χ2v) is 6.54. The van der Waals surface area contributed by atoms with Gasteiger partial charge in [0.05, 0.1) is 12.0 Å². The highest BCUT2D eigenvalue weighted by Crippen LogP contribution is 2.31. The maximum Gasteiger partial charge on any atom is 0.332 e. The molecule has 2 heterocycles. The number of aromatic nitrogens is 3. The molecule has 23 heavy (non-hydrogen) atoms. The zero-order valence-corrected chi connectivity index (χ0v) is 14.6. The third-order valence-electron chi connectivity index (χ3n) is 3.51. The van der Waals surface area contributed by atoms with Gasteiger partial charge in [-0.1, -0.05) is 0 Å². The van der Waals surface area contributed by atoms with Crippen LogP contribution in [-0.4, -0.2) is 31.9 Å². The molecule has 0 spiro atoms. The number of hydrogen-bond donors (Lipinski definition) is 0. The Hall–Kier alpha value is -2.09. The van der Waals surface area contributed by atoms with Crippen LogP contribution >= 0.6 is 11.8 Å². The molecule has 124 valence electrons. The molecule has 0 saturated heterocycles. The first-order valence-corrected chi connectivity index (χ1v) is 8.06. The van der Waals surface area contributed by atoms with Crippen LogP contribution in [0.3, 0.4) is 0 Å². The number of esters is 1. The van der Waals surface area contributed by atoms with E-state index in [1.807, 2.05) is 6.92 Å². The number of carbonyl (C=O) groups excluding carboxylic acids is 1. The fraction of sp³-hybridized carbons (Fsp3) is 0.467. The van der Waals surface area contributed by atoms with Crippen molar-refractivity contribution in [2.24, 2.45) is 14.1 Å². The molecule has 7 nitrogen and oxygen atoms in total. The number of carbonyl (C=O) groups is 1. The van der Waals surface area contributed by atoms with Crippen LogP contribution in [0.25, 0.3) is 11.0 Å². The van der Waals surface area contributed by atoms with Crippen molar-refractivity contribution in [3.8, 4) is 0 Å². The zero-order valence-electron chi connectivity index (χ0n) is 13.7. The summed E-state index contributed by atoms with van der Waals surface area (Å²) in [6.07, 6.45) is 1.60. The van der Waals surface area contributed by atoms with Crippen LogP contribution in [0.2, 0.25) is 0 Å². The van der Waals surface area contributed by atoms with E-state index in [0.29, 0.717) is 22.5 Å². The molecule has 2 aromatic rings. The number of fused-ring (bicyclic) bond motifs is 1. The van der Waals surface area contributed by atoms with Crippen molar-refractivity contribution in [1.82, 2.24) is 14.1 Å². The minimum absolute atomic E-state index is 0.302. The molecular weight excluding hydrogens is 318 g/mol. The van der Waals surface area contributed by atoms with Crippen molar-refractivity contribution in [1.29, 1.82) is 0 Å². The normalized spacial score (nSPS) is 12.4. The fourth-order valence-corrected chi connectivity index (χ4v) is 3.29. The van der Waals surface area contributed by atoms with Crippen LogP contribution in [0.1, 0.15) is 19.4 Å². The van der Waals surface area contributed by atoms with Gasteiger partial charge in [0, 0.05) is 25.2 Å². The summed E-state index contributed by atoms with van der Waals surface area (Å²) in [5.74, 6) is -0.344. The molecule has 0 fully saturated rings. The van der Waals surface area contributed by atoms with Gasteiger partial charge in [-0.2, -0.15) is 0 Å². The Morgan fingerprint density at radius 2 is 2.00 bits per heavy atom. The summed E-state index contributed by atoms with van der Waals surface area (Å²) in [5.41, 5.74) is 0.225. The third kappa shape index (κ3) is 3.03. The van der Waals surface area contributed by atoms with Crippen molar-refractivity contribution in [2.45, 2.75) is 30.9 Å². The summed E-state index contributed by atoms with van der Waals surface area (Å²) in [6, 6.07) is 0. The Balaban J connectivity index is 2.69. The first-order valence-electron chi connectivity index (χ1n) is 7.18. The first-order chi connectivity index (χ1) is 10.8. The van der Waals surface area contributed by atoms with Gasteiger partial charge in [0.1, 0.15) is 10.9 Å². The van der Waals surface area contributed by atoms with E-state index < -0.39 is 16.5 Å². The Bertz CT molecular complexity index is 885. The van der Waals surface area contributed by atoms with E-state index in [2.05, 4.69) is 4.98 Å². The van der Waals surface area contributed by atoms with Crippen LogP contribution in [0.5, 0.6) is 0 Å².